The van der Waals surface area contributed by atoms with E-state index in [0.717, 1.165) is 41.4 Å². The molecule has 2 aromatic carbocycles. The SMILES string of the molecule is Cc1cc(N=S(C)C)cc2ncnc(Nc3ccc(F)cc3O[C@@H]3COC4CCCC43)c12. The van der Waals surface area contributed by atoms with E-state index in [9.17, 15) is 4.39 Å². The number of aromatic nitrogens is 2. The normalized spacial score (nSPS) is 22.3. The van der Waals surface area contributed by atoms with Gasteiger partial charge in [0.25, 0.3) is 0 Å². The van der Waals surface area contributed by atoms with E-state index in [1.165, 1.54) is 18.5 Å². The molecule has 1 aromatic heterocycles. The Hall–Kier alpha value is -2.58. The lowest BCUT2D eigenvalue weighted by atomic mass is 10.0. The average molecular weight is 455 g/mol. The predicted octanol–water partition coefficient (Wildman–Crippen LogP) is 5.46. The van der Waals surface area contributed by atoms with Crippen LogP contribution in [-0.2, 0) is 15.4 Å². The summed E-state index contributed by atoms with van der Waals surface area (Å²) in [6.07, 6.45) is 9.21. The minimum atomic E-state index is -0.336. The van der Waals surface area contributed by atoms with E-state index in [0.29, 0.717) is 29.8 Å². The molecule has 0 spiro atoms. The number of aryl methyl sites for hydroxylation is 1. The van der Waals surface area contributed by atoms with Gasteiger partial charge in [-0.25, -0.2) is 18.7 Å². The molecular weight excluding hydrogens is 427 g/mol. The van der Waals surface area contributed by atoms with Crippen molar-refractivity contribution in [2.45, 2.75) is 38.4 Å². The predicted molar refractivity (Wildman–Crippen MR) is 127 cm³/mol. The zero-order valence-electron chi connectivity index (χ0n) is 18.5. The maximum Gasteiger partial charge on any atom is 0.146 e. The molecule has 2 heterocycles. The van der Waals surface area contributed by atoms with Crippen LogP contribution in [0.5, 0.6) is 5.75 Å². The summed E-state index contributed by atoms with van der Waals surface area (Å²) < 4.78 is 31.0. The van der Waals surface area contributed by atoms with Crippen LogP contribution in [0, 0.1) is 18.7 Å². The molecule has 1 saturated carbocycles. The van der Waals surface area contributed by atoms with Gasteiger partial charge in [-0.2, -0.15) is 0 Å². The highest BCUT2D eigenvalue weighted by molar-refractivity contribution is 7.85. The maximum atomic E-state index is 14.1. The summed E-state index contributed by atoms with van der Waals surface area (Å²) in [7, 11) is -0.0610. The first-order chi connectivity index (χ1) is 15.5. The fraction of sp³-hybridized carbons (Fsp3) is 0.417. The van der Waals surface area contributed by atoms with E-state index in [-0.39, 0.29) is 28.7 Å². The molecule has 1 aliphatic carbocycles. The molecule has 8 heteroatoms. The smallest absolute Gasteiger partial charge is 0.146 e. The highest BCUT2D eigenvalue weighted by Gasteiger charge is 2.42. The van der Waals surface area contributed by atoms with Crippen LogP contribution in [0.25, 0.3) is 10.9 Å². The van der Waals surface area contributed by atoms with E-state index >= 15 is 0 Å². The van der Waals surface area contributed by atoms with E-state index in [1.807, 2.05) is 19.1 Å². The highest BCUT2D eigenvalue weighted by Crippen LogP contribution is 2.40. The summed E-state index contributed by atoms with van der Waals surface area (Å²) in [5.74, 6) is 1.17. The molecule has 2 aliphatic rings. The number of rotatable bonds is 5. The van der Waals surface area contributed by atoms with Gasteiger partial charge in [-0.15, -0.1) is 10.7 Å². The minimum Gasteiger partial charge on any atom is -0.485 e. The summed E-state index contributed by atoms with van der Waals surface area (Å²) in [6.45, 7) is 2.57. The second kappa shape index (κ2) is 8.75. The Morgan fingerprint density at radius 2 is 2.06 bits per heavy atom. The van der Waals surface area contributed by atoms with Crippen molar-refractivity contribution in [3.05, 3.63) is 48.0 Å². The van der Waals surface area contributed by atoms with Crippen LogP contribution >= 0.6 is 0 Å². The standard InChI is InChI=1S/C24H27FN4O2S/c1-14-9-16(29-32(2)3)11-19-23(14)24(27-13-26-19)28-18-8-7-15(25)10-21(18)31-22-12-30-20-6-4-5-17(20)22/h7-11,13,17,20,22H,4-6,12H2,1-3H3,(H,26,27,28)/t17?,20?,22-/m1/s1. The Morgan fingerprint density at radius 1 is 1.19 bits per heavy atom. The molecule has 3 atom stereocenters. The van der Waals surface area contributed by atoms with Crippen molar-refractivity contribution in [2.24, 2.45) is 10.3 Å². The molecule has 32 heavy (non-hydrogen) atoms. The first kappa shape index (κ1) is 21.3. The van der Waals surface area contributed by atoms with Crippen LogP contribution in [0.4, 0.5) is 21.6 Å². The van der Waals surface area contributed by atoms with Crippen molar-refractivity contribution in [2.75, 3.05) is 24.4 Å². The molecule has 1 aliphatic heterocycles. The molecule has 0 radical (unpaired) electrons. The summed E-state index contributed by atoms with van der Waals surface area (Å²) in [5, 5.41) is 4.28. The number of nitrogens with one attached hydrogen (secondary N) is 1. The summed E-state index contributed by atoms with van der Waals surface area (Å²) in [5.41, 5.74) is 3.42. The van der Waals surface area contributed by atoms with Crippen LogP contribution in [0.3, 0.4) is 0 Å². The van der Waals surface area contributed by atoms with E-state index in [4.69, 9.17) is 9.47 Å². The number of anilines is 2. The van der Waals surface area contributed by atoms with Crippen molar-refractivity contribution in [1.29, 1.82) is 0 Å². The fourth-order valence-corrected chi connectivity index (χ4v) is 5.30. The van der Waals surface area contributed by atoms with Gasteiger partial charge in [0.15, 0.2) is 0 Å². The third-order valence-electron chi connectivity index (χ3n) is 6.14. The topological polar surface area (TPSA) is 68.6 Å². The largest absolute Gasteiger partial charge is 0.485 e. The van der Waals surface area contributed by atoms with Crippen LogP contribution in [-0.4, -0.2) is 41.3 Å². The number of ether oxygens (including phenoxy) is 2. The van der Waals surface area contributed by atoms with E-state index in [2.05, 4.69) is 32.2 Å². The molecule has 0 bridgehead atoms. The quantitative estimate of drug-likeness (QED) is 0.554. The van der Waals surface area contributed by atoms with Gasteiger partial charge in [-0.1, -0.05) is 6.42 Å². The van der Waals surface area contributed by atoms with Gasteiger partial charge in [0.1, 0.15) is 29.8 Å². The minimum absolute atomic E-state index is 0.0604. The zero-order valence-corrected chi connectivity index (χ0v) is 19.3. The molecule has 5 rings (SSSR count). The second-order valence-corrected chi connectivity index (χ2v) is 10.4. The van der Waals surface area contributed by atoms with Gasteiger partial charge >= 0.3 is 0 Å². The monoisotopic (exact) mass is 454 g/mol. The Kier molecular flexibility index (Phi) is 5.82. The zero-order chi connectivity index (χ0) is 22.2. The molecule has 1 saturated heterocycles. The Balaban J connectivity index is 1.48. The number of nitrogens with zero attached hydrogens (tertiary/aromatic N) is 3. The van der Waals surface area contributed by atoms with Crippen molar-refractivity contribution in [1.82, 2.24) is 9.97 Å². The lowest BCUT2D eigenvalue weighted by Crippen LogP contribution is -2.26. The van der Waals surface area contributed by atoms with Crippen molar-refractivity contribution in [3.8, 4) is 5.75 Å². The van der Waals surface area contributed by atoms with Crippen LogP contribution in [0.15, 0.2) is 41.0 Å². The molecule has 0 amide bonds. The van der Waals surface area contributed by atoms with Crippen molar-refractivity contribution < 1.29 is 13.9 Å². The summed E-state index contributed by atoms with van der Waals surface area (Å²) in [4.78, 5) is 8.93. The molecule has 3 aromatic rings. The first-order valence-electron chi connectivity index (χ1n) is 10.9. The van der Waals surface area contributed by atoms with Crippen LogP contribution in [0.1, 0.15) is 24.8 Å². The third-order valence-corrected chi connectivity index (χ3v) is 6.71. The van der Waals surface area contributed by atoms with Gasteiger partial charge < -0.3 is 14.8 Å². The Morgan fingerprint density at radius 3 is 2.91 bits per heavy atom. The molecule has 1 N–H and O–H groups in total. The number of hydrogen-bond acceptors (Lipinski definition) is 6. The van der Waals surface area contributed by atoms with Crippen molar-refractivity contribution in [3.63, 3.8) is 0 Å². The molecule has 2 unspecified atom stereocenters. The third kappa shape index (κ3) is 4.21. The summed E-state index contributed by atoms with van der Waals surface area (Å²) >= 11 is 0. The summed E-state index contributed by atoms with van der Waals surface area (Å²) in [6, 6.07) is 8.57. The average Bonchev–Trinajstić information content (AvgIpc) is 3.34. The molecular formula is C24H27FN4O2S. The van der Waals surface area contributed by atoms with Gasteiger partial charge in [-0.3, -0.25) is 0 Å². The molecule has 168 valence electrons. The number of benzene rings is 2. The highest BCUT2D eigenvalue weighted by atomic mass is 32.2. The number of halogens is 1. The van der Waals surface area contributed by atoms with Gasteiger partial charge in [-0.05, 0) is 62.1 Å². The van der Waals surface area contributed by atoms with Crippen molar-refractivity contribution >= 4 is 38.8 Å². The van der Waals surface area contributed by atoms with Gasteiger partial charge in [0.05, 0.1) is 29.6 Å². The first-order valence-corrected chi connectivity index (χ1v) is 12.9. The maximum absolute atomic E-state index is 14.1. The van der Waals surface area contributed by atoms with Crippen LogP contribution < -0.4 is 10.1 Å². The molecule has 6 nitrogen and oxygen atoms in total. The van der Waals surface area contributed by atoms with E-state index in [1.54, 1.807) is 6.07 Å². The molecule has 2 fully saturated rings. The Labute approximate surface area is 189 Å². The van der Waals surface area contributed by atoms with Gasteiger partial charge in [0, 0.05) is 17.4 Å². The fourth-order valence-electron chi connectivity index (χ4n) is 4.77. The van der Waals surface area contributed by atoms with Gasteiger partial charge in [0.2, 0.25) is 0 Å². The van der Waals surface area contributed by atoms with Crippen LogP contribution in [0.2, 0.25) is 0 Å². The lowest BCUT2D eigenvalue weighted by molar-refractivity contribution is 0.0917. The number of hydrogen-bond donors (Lipinski definition) is 1. The number of fused-ring (bicyclic) bond motifs is 2. The lowest BCUT2D eigenvalue weighted by Gasteiger charge is -2.21. The van der Waals surface area contributed by atoms with E-state index < -0.39 is 0 Å². The Bertz CT molecular complexity index is 1200. The second-order valence-electron chi connectivity index (χ2n) is 8.63.